The highest BCUT2D eigenvalue weighted by Crippen LogP contribution is 2.14. The normalized spacial score (nSPS) is 26.2. The van der Waals surface area contributed by atoms with Crippen molar-refractivity contribution in [3.63, 3.8) is 0 Å². The van der Waals surface area contributed by atoms with Crippen LogP contribution in [0.3, 0.4) is 0 Å². The number of rotatable bonds is 7. The number of ether oxygens (including phenoxy) is 1. The molecule has 108 valence electrons. The Balaban J connectivity index is 2.33. The summed E-state index contributed by atoms with van der Waals surface area (Å²) in [6, 6.07) is 0.984. The second-order valence-electron chi connectivity index (χ2n) is 5.28. The Labute approximate surface area is 109 Å². The molecule has 0 amide bonds. The number of hydrogen-bond donors (Lipinski definition) is 1. The van der Waals surface area contributed by atoms with E-state index in [1.165, 1.54) is 0 Å². The molecule has 2 atom stereocenters. The van der Waals surface area contributed by atoms with Gasteiger partial charge in [-0.3, -0.25) is 4.90 Å². The Hall–Kier alpha value is -0.260. The van der Waals surface area contributed by atoms with Crippen LogP contribution in [-0.4, -0.2) is 56.3 Å². The predicted octanol–water partition coefficient (Wildman–Crippen LogP) is 1.98. The molecule has 1 heterocycles. The highest BCUT2D eigenvalue weighted by molar-refractivity contribution is 4.86. The third-order valence-corrected chi connectivity index (χ3v) is 3.61. The van der Waals surface area contributed by atoms with Gasteiger partial charge in [-0.1, -0.05) is 20.8 Å². The molecule has 1 rings (SSSR count). The van der Waals surface area contributed by atoms with Crippen molar-refractivity contribution >= 4 is 0 Å². The van der Waals surface area contributed by atoms with Crippen molar-refractivity contribution in [2.45, 2.75) is 45.7 Å². The largest absolute Gasteiger partial charge is 0.374 e. The van der Waals surface area contributed by atoms with Crippen LogP contribution in [-0.2, 0) is 4.74 Å². The summed E-state index contributed by atoms with van der Waals surface area (Å²) in [5, 5.41) is 3.56. The molecule has 5 heteroatoms. The van der Waals surface area contributed by atoms with Gasteiger partial charge in [0.05, 0.1) is 6.61 Å². The monoisotopic (exact) mass is 264 g/mol. The summed E-state index contributed by atoms with van der Waals surface area (Å²) >= 11 is 0. The van der Waals surface area contributed by atoms with E-state index in [9.17, 15) is 8.78 Å². The number of alkyl halides is 2. The van der Waals surface area contributed by atoms with Crippen LogP contribution in [0.25, 0.3) is 0 Å². The average Bonchev–Trinajstić information content (AvgIpc) is 2.34. The summed E-state index contributed by atoms with van der Waals surface area (Å²) in [4.78, 5) is 2.37. The van der Waals surface area contributed by atoms with E-state index in [-0.39, 0.29) is 0 Å². The summed E-state index contributed by atoms with van der Waals surface area (Å²) in [6.45, 7) is 9.22. The van der Waals surface area contributed by atoms with Crippen LogP contribution < -0.4 is 5.32 Å². The molecule has 1 saturated heterocycles. The van der Waals surface area contributed by atoms with Gasteiger partial charge in [-0.2, -0.15) is 0 Å². The van der Waals surface area contributed by atoms with E-state index < -0.39 is 13.0 Å². The molecule has 0 radical (unpaired) electrons. The van der Waals surface area contributed by atoms with Gasteiger partial charge in [0, 0.05) is 31.7 Å². The first kappa shape index (κ1) is 15.8. The van der Waals surface area contributed by atoms with Gasteiger partial charge in [-0.15, -0.1) is 0 Å². The first-order chi connectivity index (χ1) is 8.54. The molecule has 0 aromatic carbocycles. The molecule has 0 aromatic rings. The van der Waals surface area contributed by atoms with Crippen LogP contribution in [0.1, 0.15) is 27.2 Å². The van der Waals surface area contributed by atoms with Crippen molar-refractivity contribution in [3.8, 4) is 0 Å². The lowest BCUT2D eigenvalue weighted by Crippen LogP contribution is -2.58. The van der Waals surface area contributed by atoms with Crippen molar-refractivity contribution in [2.24, 2.45) is 5.92 Å². The molecular formula is C13H26F2N2O. The smallest absolute Gasteiger partial charge is 0.261 e. The molecule has 1 aliphatic heterocycles. The molecule has 18 heavy (non-hydrogen) atoms. The summed E-state index contributed by atoms with van der Waals surface area (Å²) in [6.07, 6.45) is -1.29. The molecule has 1 N–H and O–H groups in total. The minimum absolute atomic E-state index is 0.394. The number of halogens is 2. The van der Waals surface area contributed by atoms with Crippen molar-refractivity contribution in [3.05, 3.63) is 0 Å². The summed E-state index contributed by atoms with van der Waals surface area (Å²) in [7, 11) is 0. The fraction of sp³-hybridized carbons (Fsp3) is 1.00. The van der Waals surface area contributed by atoms with Crippen molar-refractivity contribution in [1.82, 2.24) is 10.2 Å². The lowest BCUT2D eigenvalue weighted by molar-refractivity contribution is -0.000273. The molecule has 0 aromatic heterocycles. The van der Waals surface area contributed by atoms with E-state index in [4.69, 9.17) is 4.74 Å². The van der Waals surface area contributed by atoms with Crippen LogP contribution in [0.2, 0.25) is 0 Å². The summed E-state index contributed by atoms with van der Waals surface area (Å²) < 4.78 is 28.9. The first-order valence-electron chi connectivity index (χ1n) is 6.87. The van der Waals surface area contributed by atoms with Crippen LogP contribution in [0.4, 0.5) is 8.78 Å². The van der Waals surface area contributed by atoms with E-state index >= 15 is 0 Å². The maximum absolute atomic E-state index is 12.0. The van der Waals surface area contributed by atoms with Crippen molar-refractivity contribution in [1.29, 1.82) is 0 Å². The van der Waals surface area contributed by atoms with Crippen molar-refractivity contribution in [2.75, 3.05) is 32.8 Å². The second-order valence-corrected chi connectivity index (χ2v) is 5.28. The fourth-order valence-electron chi connectivity index (χ4n) is 2.36. The van der Waals surface area contributed by atoms with Gasteiger partial charge in [0.2, 0.25) is 0 Å². The quantitative estimate of drug-likeness (QED) is 0.712. The summed E-state index contributed by atoms with van der Waals surface area (Å²) in [5.74, 6) is 0.590. The topological polar surface area (TPSA) is 24.5 Å². The first-order valence-corrected chi connectivity index (χ1v) is 6.87. The minimum atomic E-state index is -2.36. The van der Waals surface area contributed by atoms with E-state index in [0.29, 0.717) is 24.6 Å². The molecule has 1 fully saturated rings. The molecule has 1 aliphatic rings. The van der Waals surface area contributed by atoms with Crippen LogP contribution in [0.5, 0.6) is 0 Å². The SMILES string of the molecule is CCC1CNC(C(C)C)CN1CCOCC(F)F. The second kappa shape index (κ2) is 8.02. The van der Waals surface area contributed by atoms with Crippen molar-refractivity contribution < 1.29 is 13.5 Å². The summed E-state index contributed by atoms with van der Waals surface area (Å²) in [5.41, 5.74) is 0. The minimum Gasteiger partial charge on any atom is -0.374 e. The van der Waals surface area contributed by atoms with Crippen LogP contribution in [0, 0.1) is 5.92 Å². The maximum atomic E-state index is 12.0. The highest BCUT2D eigenvalue weighted by Gasteiger charge is 2.27. The lowest BCUT2D eigenvalue weighted by atomic mass is 9.98. The number of hydrogen-bond acceptors (Lipinski definition) is 3. The van der Waals surface area contributed by atoms with Gasteiger partial charge >= 0.3 is 0 Å². The Morgan fingerprint density at radius 2 is 2.11 bits per heavy atom. The van der Waals surface area contributed by atoms with Gasteiger partial charge in [-0.05, 0) is 12.3 Å². The standard InChI is InChI=1S/C13H26F2N2O/c1-4-11-7-16-12(10(2)3)8-17(11)5-6-18-9-13(14)15/h10-13,16H,4-9H2,1-3H3. The van der Waals surface area contributed by atoms with E-state index in [1.54, 1.807) is 0 Å². The van der Waals surface area contributed by atoms with E-state index in [1.807, 2.05) is 0 Å². The average molecular weight is 264 g/mol. The zero-order chi connectivity index (χ0) is 13.5. The lowest BCUT2D eigenvalue weighted by Gasteiger charge is -2.41. The maximum Gasteiger partial charge on any atom is 0.261 e. The molecule has 0 spiro atoms. The van der Waals surface area contributed by atoms with Gasteiger partial charge in [-0.25, -0.2) is 8.78 Å². The number of nitrogens with one attached hydrogen (secondary N) is 1. The Bertz CT molecular complexity index is 227. The van der Waals surface area contributed by atoms with E-state index in [0.717, 1.165) is 26.1 Å². The van der Waals surface area contributed by atoms with E-state index in [2.05, 4.69) is 31.0 Å². The Morgan fingerprint density at radius 1 is 1.39 bits per heavy atom. The molecule has 0 saturated carbocycles. The number of nitrogens with zero attached hydrogens (tertiary/aromatic N) is 1. The Kier molecular flexibility index (Phi) is 7.04. The van der Waals surface area contributed by atoms with Gasteiger partial charge in [0.1, 0.15) is 6.61 Å². The molecule has 0 aliphatic carbocycles. The van der Waals surface area contributed by atoms with Gasteiger partial charge < -0.3 is 10.1 Å². The zero-order valence-corrected chi connectivity index (χ0v) is 11.7. The molecule has 2 unspecified atom stereocenters. The Morgan fingerprint density at radius 3 is 2.67 bits per heavy atom. The molecular weight excluding hydrogens is 238 g/mol. The molecule has 3 nitrogen and oxygen atoms in total. The van der Waals surface area contributed by atoms with Gasteiger partial charge in [0.15, 0.2) is 0 Å². The molecule has 0 bridgehead atoms. The third kappa shape index (κ3) is 5.16. The zero-order valence-electron chi connectivity index (χ0n) is 11.7. The fourth-order valence-corrected chi connectivity index (χ4v) is 2.36. The highest BCUT2D eigenvalue weighted by atomic mass is 19.3. The van der Waals surface area contributed by atoms with Gasteiger partial charge in [0.25, 0.3) is 6.43 Å². The van der Waals surface area contributed by atoms with Crippen LogP contribution >= 0.6 is 0 Å². The predicted molar refractivity (Wildman–Crippen MR) is 69.1 cm³/mol. The number of piperazine rings is 1. The van der Waals surface area contributed by atoms with Crippen LogP contribution in [0.15, 0.2) is 0 Å². The third-order valence-electron chi connectivity index (χ3n) is 3.61.